The monoisotopic (exact) mass is 564 g/mol. The summed E-state index contributed by atoms with van der Waals surface area (Å²) in [4.78, 5) is 0. The fourth-order valence-corrected chi connectivity index (χ4v) is 26.1. The molecule has 0 nitrogen and oxygen atoms in total. The molecule has 0 saturated heterocycles. The third kappa shape index (κ3) is 4.47. The SMILES string of the molecule is CC(C)(C)C1=Cc2ccccc2[CH]1[Zr]([CH3])([CH3])(=[SiH2])[CH]1C(C(C)(C)C)=Cc2ccccc21.Cl.Cl. The van der Waals surface area contributed by atoms with Crippen LogP contribution in [0, 0.1) is 10.8 Å². The molecule has 2 unspecified atom stereocenters. The van der Waals surface area contributed by atoms with Crippen molar-refractivity contribution in [1.82, 2.24) is 0 Å². The van der Waals surface area contributed by atoms with Gasteiger partial charge in [0.05, 0.1) is 0 Å². The minimum Gasteiger partial charge on any atom is -0.147 e. The number of hydrogen-bond acceptors (Lipinski definition) is 0. The van der Waals surface area contributed by atoms with Gasteiger partial charge in [0.25, 0.3) is 0 Å². The van der Waals surface area contributed by atoms with Crippen LogP contribution < -0.4 is 0 Å². The molecule has 0 aliphatic heterocycles. The number of allylic oxidation sites excluding steroid dienone is 2. The molecule has 0 bridgehead atoms. The van der Waals surface area contributed by atoms with Gasteiger partial charge in [0.1, 0.15) is 0 Å². The summed E-state index contributed by atoms with van der Waals surface area (Å²) < 4.78 is 6.67. The summed E-state index contributed by atoms with van der Waals surface area (Å²) in [6, 6.07) is 18.4. The summed E-state index contributed by atoms with van der Waals surface area (Å²) >= 11 is -3.46. The second kappa shape index (κ2) is 8.67. The molecule has 2 aromatic carbocycles. The zero-order valence-corrected chi connectivity index (χ0v) is 26.5. The van der Waals surface area contributed by atoms with Crippen molar-refractivity contribution in [3.63, 3.8) is 0 Å². The first-order valence-electron chi connectivity index (χ1n) is 11.4. The third-order valence-corrected chi connectivity index (χ3v) is 24.7. The van der Waals surface area contributed by atoms with Gasteiger partial charge < -0.3 is 0 Å². The fourth-order valence-electron chi connectivity index (χ4n) is 6.16. The van der Waals surface area contributed by atoms with Crippen LogP contribution in [0.5, 0.6) is 0 Å². The summed E-state index contributed by atoms with van der Waals surface area (Å²) in [7, 11) is 0. The molecule has 0 amide bonds. The van der Waals surface area contributed by atoms with Crippen LogP contribution in [-0.4, -0.2) is 6.88 Å². The van der Waals surface area contributed by atoms with E-state index in [0.29, 0.717) is 7.25 Å². The van der Waals surface area contributed by atoms with Gasteiger partial charge in [-0.25, -0.2) is 0 Å². The summed E-state index contributed by atoms with van der Waals surface area (Å²) in [5, 5.41) is 0. The van der Waals surface area contributed by atoms with E-state index in [1.165, 1.54) is 11.1 Å². The van der Waals surface area contributed by atoms with E-state index < -0.39 is 17.4 Å². The molecule has 0 fully saturated rings. The van der Waals surface area contributed by atoms with Gasteiger partial charge in [-0.1, -0.05) is 0 Å². The minimum absolute atomic E-state index is 0. The van der Waals surface area contributed by atoms with Gasteiger partial charge in [0.15, 0.2) is 0 Å². The van der Waals surface area contributed by atoms with Crippen LogP contribution in [0.3, 0.4) is 0 Å². The Labute approximate surface area is 210 Å². The van der Waals surface area contributed by atoms with Crippen LogP contribution >= 0.6 is 24.8 Å². The molecule has 2 aliphatic rings. The molecule has 0 spiro atoms. The number of rotatable bonds is 2. The Balaban J connectivity index is 0.00000181. The molecule has 0 heterocycles. The quantitative estimate of drug-likeness (QED) is 0.320. The molecule has 4 heteroatoms. The smallest absolute Gasteiger partial charge is 0.147 e. The Morgan fingerprint density at radius 3 is 1.25 bits per heavy atom. The molecule has 2 aromatic rings. The molecule has 174 valence electrons. The summed E-state index contributed by atoms with van der Waals surface area (Å²) in [5.74, 6) is 0. The average molecular weight is 567 g/mol. The molecule has 2 aliphatic carbocycles. The summed E-state index contributed by atoms with van der Waals surface area (Å²) in [5.41, 5.74) is 9.76. The Hall–Kier alpha value is -0.400. The van der Waals surface area contributed by atoms with E-state index in [1.807, 2.05) is 0 Å². The largest absolute Gasteiger partial charge is 0.147 e. The average Bonchev–Trinajstić information content (AvgIpc) is 3.21. The molecular weight excluding hydrogens is 527 g/mol. The number of halogens is 2. The second-order valence-corrected chi connectivity index (χ2v) is 43.2. The molecular formula is C28H40Cl2SiZr. The van der Waals surface area contributed by atoms with E-state index in [1.54, 1.807) is 22.3 Å². The van der Waals surface area contributed by atoms with Gasteiger partial charge in [-0.05, 0) is 0 Å². The van der Waals surface area contributed by atoms with E-state index in [9.17, 15) is 0 Å². The van der Waals surface area contributed by atoms with Gasteiger partial charge >= 0.3 is 187 Å². The minimum atomic E-state index is -3.46. The van der Waals surface area contributed by atoms with Gasteiger partial charge in [-0.3, -0.25) is 0 Å². The van der Waals surface area contributed by atoms with Gasteiger partial charge in [0, 0.05) is 0 Å². The van der Waals surface area contributed by atoms with Crippen molar-refractivity contribution in [1.29, 1.82) is 0 Å². The standard InChI is InChI=1S/2C13H15.2CH3.2ClH.H2Si.Zr/c2*1-13(2,3)12-8-10-6-4-5-7-11(10)9-12;;;;;;/h2*4-9H,1-3H3;2*1H3;2*1H;1H2;. The second-order valence-electron chi connectivity index (χ2n) is 12.8. The van der Waals surface area contributed by atoms with Crippen molar-refractivity contribution in [2.24, 2.45) is 10.8 Å². The Bertz CT molecular complexity index is 1070. The first-order valence-corrected chi connectivity index (χ1v) is 25.1. The summed E-state index contributed by atoms with van der Waals surface area (Å²) in [6.45, 7) is 16.9. The molecule has 0 aromatic heterocycles. The fraction of sp³-hybridized carbons (Fsp3) is 0.429. The van der Waals surface area contributed by atoms with Gasteiger partial charge in [0.2, 0.25) is 0 Å². The molecule has 2 atom stereocenters. The van der Waals surface area contributed by atoms with Crippen molar-refractivity contribution in [2.45, 2.75) is 58.1 Å². The summed E-state index contributed by atoms with van der Waals surface area (Å²) in [6.07, 6.45) is 5.07. The maximum atomic E-state index is 2.75. The third-order valence-electron chi connectivity index (χ3n) is 7.49. The molecule has 0 saturated carbocycles. The molecule has 4 rings (SSSR count). The van der Waals surface area contributed by atoms with E-state index in [4.69, 9.17) is 0 Å². The van der Waals surface area contributed by atoms with Crippen LogP contribution in [0.25, 0.3) is 12.2 Å². The molecule has 32 heavy (non-hydrogen) atoms. The van der Waals surface area contributed by atoms with E-state index in [2.05, 4.69) is 118 Å². The maximum absolute atomic E-state index is 3.46. The van der Waals surface area contributed by atoms with E-state index in [-0.39, 0.29) is 35.6 Å². The maximum Gasteiger partial charge on any atom is -0.147 e. The topological polar surface area (TPSA) is 0 Å². The van der Waals surface area contributed by atoms with Crippen molar-refractivity contribution in [2.75, 3.05) is 0 Å². The number of benzene rings is 2. The predicted octanol–water partition coefficient (Wildman–Crippen LogP) is 8.53. The van der Waals surface area contributed by atoms with Gasteiger partial charge in [-0.2, -0.15) is 0 Å². The van der Waals surface area contributed by atoms with Crippen molar-refractivity contribution >= 4 is 43.8 Å². The van der Waals surface area contributed by atoms with E-state index in [0.717, 1.165) is 0 Å². The zero-order valence-electron chi connectivity index (χ0n) is 21.0. The van der Waals surface area contributed by atoms with Crippen LogP contribution in [0.1, 0.15) is 71.0 Å². The Kier molecular flexibility index (Phi) is 7.55. The Morgan fingerprint density at radius 1 is 0.625 bits per heavy atom. The molecule has 0 N–H and O–H groups in total. The van der Waals surface area contributed by atoms with Crippen molar-refractivity contribution in [3.8, 4) is 0 Å². The van der Waals surface area contributed by atoms with Crippen molar-refractivity contribution in [3.05, 3.63) is 81.9 Å². The predicted molar refractivity (Wildman–Crippen MR) is 148 cm³/mol. The van der Waals surface area contributed by atoms with Crippen LogP contribution in [-0.2, 0) is 17.4 Å². The Morgan fingerprint density at radius 2 is 0.938 bits per heavy atom. The van der Waals surface area contributed by atoms with Crippen LogP contribution in [0.2, 0.25) is 9.26 Å². The number of fused-ring (bicyclic) bond motifs is 2. The van der Waals surface area contributed by atoms with Crippen LogP contribution in [0.15, 0.2) is 59.7 Å². The van der Waals surface area contributed by atoms with E-state index >= 15 is 0 Å². The molecule has 0 radical (unpaired) electrons. The first kappa shape index (κ1) is 27.8. The van der Waals surface area contributed by atoms with Gasteiger partial charge in [-0.15, -0.1) is 24.8 Å². The first-order chi connectivity index (χ1) is 13.7. The number of hydrogen-bond donors (Lipinski definition) is 0. The van der Waals surface area contributed by atoms with Crippen LogP contribution in [0.4, 0.5) is 0 Å². The zero-order chi connectivity index (χ0) is 22.1. The van der Waals surface area contributed by atoms with Crippen molar-refractivity contribution < 1.29 is 17.4 Å². The normalized spacial score (nSPS) is 20.4.